The first-order valence-electron chi connectivity index (χ1n) is 6.90. The highest BCUT2D eigenvalue weighted by Crippen LogP contribution is 2.47. The molecule has 5 nitrogen and oxygen atoms in total. The van der Waals surface area contributed by atoms with Gasteiger partial charge in [-0.15, -0.1) is 0 Å². The van der Waals surface area contributed by atoms with Crippen molar-refractivity contribution in [3.63, 3.8) is 0 Å². The molecule has 0 bridgehead atoms. The van der Waals surface area contributed by atoms with Crippen molar-refractivity contribution in [1.29, 1.82) is 5.26 Å². The average molecular weight is 370 g/mol. The van der Waals surface area contributed by atoms with E-state index in [0.29, 0.717) is 58.0 Å². The van der Waals surface area contributed by atoms with Crippen LogP contribution in [0.1, 0.15) is 5.56 Å². The summed E-state index contributed by atoms with van der Waals surface area (Å²) in [5.41, 5.74) is 3.91. The third-order valence-electron chi connectivity index (χ3n) is 3.60. The van der Waals surface area contributed by atoms with E-state index >= 15 is 0 Å². The van der Waals surface area contributed by atoms with Gasteiger partial charge in [0, 0.05) is 29.2 Å². The zero-order valence-corrected chi connectivity index (χ0v) is 14.3. The Kier molecular flexibility index (Phi) is 4.95. The number of hydrogen-bond donors (Lipinski definition) is 2. The number of rotatable bonds is 3. The third kappa shape index (κ3) is 3.11. The van der Waals surface area contributed by atoms with Crippen molar-refractivity contribution in [1.82, 2.24) is 0 Å². The molecular weight excluding hydrogens is 357 g/mol. The fourth-order valence-corrected chi connectivity index (χ4v) is 4.16. The van der Waals surface area contributed by atoms with Crippen LogP contribution in [0.4, 0.5) is 10.0 Å². The van der Waals surface area contributed by atoms with E-state index in [1.54, 1.807) is 18.2 Å². The molecule has 0 atom stereocenters. The second kappa shape index (κ2) is 6.95. The number of nitriles is 1. The predicted molar refractivity (Wildman–Crippen MR) is 92.9 cm³/mol. The molecule has 1 aromatic carbocycles. The van der Waals surface area contributed by atoms with Gasteiger partial charge in [0.15, 0.2) is 0 Å². The highest BCUT2D eigenvalue weighted by atomic mass is 35.5. The molecule has 0 spiro atoms. The Bertz CT molecular complexity index is 767. The molecule has 1 fully saturated rings. The van der Waals surface area contributed by atoms with E-state index in [1.165, 1.54) is 11.3 Å². The van der Waals surface area contributed by atoms with Gasteiger partial charge in [-0.1, -0.05) is 40.6 Å². The van der Waals surface area contributed by atoms with Crippen molar-refractivity contribution < 1.29 is 9.94 Å². The molecule has 3 rings (SSSR count). The smallest absolute Gasteiger partial charge is 0.124 e. The van der Waals surface area contributed by atoms with Crippen LogP contribution in [-0.2, 0) is 4.74 Å². The molecule has 1 aromatic heterocycles. The highest BCUT2D eigenvalue weighted by Gasteiger charge is 2.25. The topological polar surface area (TPSA) is 68.5 Å². The largest absolute Gasteiger partial charge is 0.378 e. The van der Waals surface area contributed by atoms with Gasteiger partial charge in [-0.2, -0.15) is 5.26 Å². The Labute approximate surface area is 147 Å². The van der Waals surface area contributed by atoms with Crippen LogP contribution in [0, 0.1) is 11.3 Å². The van der Waals surface area contributed by atoms with Crippen molar-refractivity contribution in [2.45, 2.75) is 0 Å². The second-order valence-electron chi connectivity index (χ2n) is 4.93. The van der Waals surface area contributed by atoms with Crippen molar-refractivity contribution >= 4 is 44.5 Å². The Morgan fingerprint density at radius 3 is 2.65 bits per heavy atom. The quantitative estimate of drug-likeness (QED) is 0.792. The number of morpholine rings is 1. The normalized spacial score (nSPS) is 14.6. The van der Waals surface area contributed by atoms with Gasteiger partial charge in [-0.05, 0) is 12.1 Å². The molecule has 0 unspecified atom stereocenters. The molecule has 23 heavy (non-hydrogen) atoms. The fourth-order valence-electron chi connectivity index (χ4n) is 2.54. The van der Waals surface area contributed by atoms with E-state index in [4.69, 9.17) is 27.9 Å². The van der Waals surface area contributed by atoms with Gasteiger partial charge < -0.3 is 9.64 Å². The van der Waals surface area contributed by atoms with Gasteiger partial charge in [0.25, 0.3) is 0 Å². The van der Waals surface area contributed by atoms with E-state index in [0.717, 1.165) is 5.00 Å². The molecule has 1 saturated heterocycles. The molecule has 0 aliphatic carbocycles. The summed E-state index contributed by atoms with van der Waals surface area (Å²) in [7, 11) is 0. The van der Waals surface area contributed by atoms with Crippen LogP contribution in [-0.4, -0.2) is 31.5 Å². The number of nitrogens with one attached hydrogen (secondary N) is 1. The molecule has 120 valence electrons. The molecule has 0 saturated carbocycles. The number of benzene rings is 1. The first-order chi connectivity index (χ1) is 11.2. The highest BCUT2D eigenvalue weighted by molar-refractivity contribution is 7.21. The van der Waals surface area contributed by atoms with Crippen LogP contribution in [0.5, 0.6) is 0 Å². The molecule has 2 aromatic rings. The molecule has 0 radical (unpaired) electrons. The van der Waals surface area contributed by atoms with Crippen LogP contribution < -0.4 is 10.4 Å². The number of nitrogens with zero attached hydrogens (tertiary/aromatic N) is 2. The summed E-state index contributed by atoms with van der Waals surface area (Å²) in [6.07, 6.45) is 0. The average Bonchev–Trinajstić information content (AvgIpc) is 2.94. The van der Waals surface area contributed by atoms with E-state index in [9.17, 15) is 10.5 Å². The van der Waals surface area contributed by atoms with Crippen molar-refractivity contribution in [2.75, 3.05) is 36.7 Å². The summed E-state index contributed by atoms with van der Waals surface area (Å²) in [5, 5.41) is 21.4. The molecule has 2 N–H and O–H groups in total. The lowest BCUT2D eigenvalue weighted by atomic mass is 10.0. The molecule has 1 aliphatic heterocycles. The number of ether oxygens (including phenoxy) is 1. The van der Waals surface area contributed by atoms with Crippen LogP contribution >= 0.6 is 34.5 Å². The van der Waals surface area contributed by atoms with Gasteiger partial charge >= 0.3 is 0 Å². The monoisotopic (exact) mass is 369 g/mol. The summed E-state index contributed by atoms with van der Waals surface area (Å²) in [6.45, 7) is 2.63. The van der Waals surface area contributed by atoms with Crippen LogP contribution in [0.15, 0.2) is 18.2 Å². The second-order valence-corrected chi connectivity index (χ2v) is 6.78. The summed E-state index contributed by atoms with van der Waals surface area (Å²) in [6, 6.07) is 7.31. The Hall–Kier alpha value is -1.49. The first-order valence-corrected chi connectivity index (χ1v) is 8.48. The molecule has 8 heteroatoms. The maximum Gasteiger partial charge on any atom is 0.124 e. The minimum Gasteiger partial charge on any atom is -0.378 e. The lowest BCUT2D eigenvalue weighted by molar-refractivity contribution is 0.123. The van der Waals surface area contributed by atoms with E-state index in [1.807, 2.05) is 0 Å². The summed E-state index contributed by atoms with van der Waals surface area (Å²) < 4.78 is 5.35. The minimum atomic E-state index is 0.428. The van der Waals surface area contributed by atoms with Crippen molar-refractivity contribution in [3.8, 4) is 17.2 Å². The third-order valence-corrected chi connectivity index (χ3v) is 5.30. The van der Waals surface area contributed by atoms with E-state index in [2.05, 4.69) is 16.4 Å². The van der Waals surface area contributed by atoms with Crippen LogP contribution in [0.3, 0.4) is 0 Å². The minimum absolute atomic E-state index is 0.428. The van der Waals surface area contributed by atoms with E-state index in [-0.39, 0.29) is 0 Å². The van der Waals surface area contributed by atoms with Gasteiger partial charge in [0.2, 0.25) is 0 Å². The van der Waals surface area contributed by atoms with Gasteiger partial charge in [0.05, 0.1) is 23.8 Å². The van der Waals surface area contributed by atoms with E-state index < -0.39 is 0 Å². The molecular formula is C15H13Cl2N3O2S. The standard InChI is InChI=1S/C15H13Cl2N3O2S/c16-9-1-2-10(12(17)7-9)13-11(8-18)15(23-14(13)19-21)20-3-5-22-6-4-20/h1-2,7,19,21H,3-6H2. The van der Waals surface area contributed by atoms with Crippen LogP contribution in [0.25, 0.3) is 11.1 Å². The predicted octanol–water partition coefficient (Wildman–Crippen LogP) is 4.23. The summed E-state index contributed by atoms with van der Waals surface area (Å²) in [4.78, 5) is 2.08. The molecule has 0 amide bonds. The maximum atomic E-state index is 9.67. The Balaban J connectivity index is 2.15. The molecule has 2 heterocycles. The number of hydrogen-bond acceptors (Lipinski definition) is 6. The number of halogens is 2. The number of anilines is 2. The van der Waals surface area contributed by atoms with Gasteiger partial charge in [0.1, 0.15) is 16.1 Å². The zero-order valence-electron chi connectivity index (χ0n) is 12.0. The van der Waals surface area contributed by atoms with Crippen LogP contribution in [0.2, 0.25) is 10.0 Å². The summed E-state index contributed by atoms with van der Waals surface area (Å²) >= 11 is 13.5. The van der Waals surface area contributed by atoms with Gasteiger partial charge in [-0.25, -0.2) is 0 Å². The lowest BCUT2D eigenvalue weighted by Crippen LogP contribution is -2.36. The lowest BCUT2D eigenvalue weighted by Gasteiger charge is -2.27. The number of thiophene rings is 1. The zero-order chi connectivity index (χ0) is 16.4. The first kappa shape index (κ1) is 16.4. The maximum absolute atomic E-state index is 9.67. The van der Waals surface area contributed by atoms with Crippen molar-refractivity contribution in [3.05, 3.63) is 33.8 Å². The van der Waals surface area contributed by atoms with Gasteiger partial charge in [-0.3, -0.25) is 10.7 Å². The Morgan fingerprint density at radius 2 is 2.04 bits per heavy atom. The molecule has 1 aliphatic rings. The SMILES string of the molecule is N#Cc1c(N2CCOCC2)sc(NO)c1-c1ccc(Cl)cc1Cl. The Morgan fingerprint density at radius 1 is 1.30 bits per heavy atom. The van der Waals surface area contributed by atoms with Crippen molar-refractivity contribution in [2.24, 2.45) is 0 Å². The fraction of sp³-hybridized carbons (Fsp3) is 0.267. The summed E-state index contributed by atoms with van der Waals surface area (Å²) in [5.74, 6) is 0.